The van der Waals surface area contributed by atoms with Crippen LogP contribution in [0.2, 0.25) is 0 Å². The SMILES string of the molecule is COCCN(CCBr)C(=O)c1ccc(F)c(C(F)(F)F)c1. The maximum absolute atomic E-state index is 13.2. The zero-order chi connectivity index (χ0) is 16.0. The smallest absolute Gasteiger partial charge is 0.383 e. The standard InChI is InChI=1S/C13H14BrF4NO2/c1-21-7-6-19(5-4-14)12(20)9-2-3-11(15)10(8-9)13(16,17)18/h2-3,8H,4-7H2,1H3. The van der Waals surface area contributed by atoms with Gasteiger partial charge in [-0.2, -0.15) is 13.2 Å². The molecule has 0 aliphatic rings. The Morgan fingerprint density at radius 3 is 2.52 bits per heavy atom. The quantitative estimate of drug-likeness (QED) is 0.567. The highest BCUT2D eigenvalue weighted by molar-refractivity contribution is 9.09. The Morgan fingerprint density at radius 1 is 1.33 bits per heavy atom. The molecule has 0 saturated heterocycles. The van der Waals surface area contributed by atoms with E-state index in [1.54, 1.807) is 0 Å². The van der Waals surface area contributed by atoms with Crippen LogP contribution < -0.4 is 0 Å². The number of methoxy groups -OCH3 is 1. The lowest BCUT2D eigenvalue weighted by Gasteiger charge is -2.22. The molecule has 0 fully saturated rings. The lowest BCUT2D eigenvalue weighted by Crippen LogP contribution is -2.35. The Hall–Kier alpha value is -1.15. The molecule has 1 amide bonds. The van der Waals surface area contributed by atoms with Crippen molar-refractivity contribution in [3.8, 4) is 0 Å². The third-order valence-electron chi connectivity index (χ3n) is 2.73. The van der Waals surface area contributed by atoms with Gasteiger partial charge in [0.2, 0.25) is 0 Å². The summed E-state index contributed by atoms with van der Waals surface area (Å²) in [6.45, 7) is 0.798. The number of hydrogen-bond acceptors (Lipinski definition) is 2. The predicted octanol–water partition coefficient (Wildman–Crippen LogP) is 3.33. The van der Waals surface area contributed by atoms with Crippen LogP contribution in [0, 0.1) is 5.82 Å². The minimum Gasteiger partial charge on any atom is -0.383 e. The molecule has 0 aliphatic carbocycles. The average Bonchev–Trinajstić information content (AvgIpc) is 2.42. The van der Waals surface area contributed by atoms with Crippen LogP contribution in [-0.4, -0.2) is 42.9 Å². The maximum atomic E-state index is 13.2. The van der Waals surface area contributed by atoms with Gasteiger partial charge in [0.15, 0.2) is 0 Å². The van der Waals surface area contributed by atoms with E-state index in [4.69, 9.17) is 4.74 Å². The van der Waals surface area contributed by atoms with Gasteiger partial charge in [-0.05, 0) is 18.2 Å². The lowest BCUT2D eigenvalue weighted by atomic mass is 10.1. The lowest BCUT2D eigenvalue weighted by molar-refractivity contribution is -0.140. The van der Waals surface area contributed by atoms with Gasteiger partial charge in [0.25, 0.3) is 5.91 Å². The molecule has 8 heteroatoms. The molecule has 0 heterocycles. The second-order valence-electron chi connectivity index (χ2n) is 4.17. The molecular formula is C13H14BrF4NO2. The van der Waals surface area contributed by atoms with Crippen LogP contribution in [-0.2, 0) is 10.9 Å². The van der Waals surface area contributed by atoms with E-state index in [2.05, 4.69) is 15.9 Å². The Morgan fingerprint density at radius 2 is 2.00 bits per heavy atom. The molecule has 0 radical (unpaired) electrons. The molecule has 0 unspecified atom stereocenters. The Balaban J connectivity index is 3.05. The Labute approximate surface area is 128 Å². The second-order valence-corrected chi connectivity index (χ2v) is 4.96. The minimum atomic E-state index is -4.84. The molecule has 1 rings (SSSR count). The van der Waals surface area contributed by atoms with Gasteiger partial charge in [-0.3, -0.25) is 4.79 Å². The molecule has 0 bridgehead atoms. The summed E-state index contributed by atoms with van der Waals surface area (Å²) in [4.78, 5) is 13.5. The summed E-state index contributed by atoms with van der Waals surface area (Å²) in [7, 11) is 1.45. The van der Waals surface area contributed by atoms with E-state index in [1.165, 1.54) is 12.0 Å². The van der Waals surface area contributed by atoms with Gasteiger partial charge in [-0.1, -0.05) is 15.9 Å². The molecule has 1 aromatic carbocycles. The highest BCUT2D eigenvalue weighted by Gasteiger charge is 2.35. The molecule has 0 aliphatic heterocycles. The van der Waals surface area contributed by atoms with Crippen molar-refractivity contribution in [2.75, 3.05) is 32.1 Å². The molecule has 21 heavy (non-hydrogen) atoms. The third kappa shape index (κ3) is 4.96. The van der Waals surface area contributed by atoms with Crippen LogP contribution in [0.25, 0.3) is 0 Å². The van der Waals surface area contributed by atoms with Crippen LogP contribution in [0.15, 0.2) is 18.2 Å². The number of hydrogen-bond donors (Lipinski definition) is 0. The van der Waals surface area contributed by atoms with Crippen LogP contribution in [0.5, 0.6) is 0 Å². The number of rotatable bonds is 6. The molecular weight excluding hydrogens is 358 g/mol. The Bertz CT molecular complexity index is 494. The minimum absolute atomic E-state index is 0.208. The number of carbonyl (C=O) groups is 1. The molecule has 0 atom stereocenters. The van der Waals surface area contributed by atoms with E-state index in [9.17, 15) is 22.4 Å². The third-order valence-corrected chi connectivity index (χ3v) is 3.08. The van der Waals surface area contributed by atoms with E-state index in [0.29, 0.717) is 24.0 Å². The molecule has 1 aromatic rings. The first-order chi connectivity index (χ1) is 9.81. The van der Waals surface area contributed by atoms with Crippen molar-refractivity contribution in [2.45, 2.75) is 6.18 Å². The zero-order valence-corrected chi connectivity index (χ0v) is 12.8. The molecule has 118 valence electrons. The molecule has 0 N–H and O–H groups in total. The van der Waals surface area contributed by atoms with Crippen molar-refractivity contribution >= 4 is 21.8 Å². The van der Waals surface area contributed by atoms with Crippen molar-refractivity contribution in [1.82, 2.24) is 4.90 Å². The second kappa shape index (κ2) is 7.74. The number of nitrogens with zero attached hydrogens (tertiary/aromatic N) is 1. The first kappa shape index (κ1) is 17.9. The normalized spacial score (nSPS) is 11.5. The van der Waals surface area contributed by atoms with Gasteiger partial charge in [0.05, 0.1) is 12.2 Å². The van der Waals surface area contributed by atoms with Crippen molar-refractivity contribution in [3.63, 3.8) is 0 Å². The van der Waals surface area contributed by atoms with E-state index in [0.717, 1.165) is 6.07 Å². The van der Waals surface area contributed by atoms with E-state index in [1.807, 2.05) is 0 Å². The fraction of sp³-hybridized carbons (Fsp3) is 0.462. The monoisotopic (exact) mass is 371 g/mol. The number of halogens is 5. The van der Waals surface area contributed by atoms with Gasteiger partial charge < -0.3 is 9.64 Å². The molecule has 0 saturated carbocycles. The summed E-state index contributed by atoms with van der Waals surface area (Å²) >= 11 is 3.17. The summed E-state index contributed by atoms with van der Waals surface area (Å²) in [5.74, 6) is -2.00. The van der Waals surface area contributed by atoms with Gasteiger partial charge in [0.1, 0.15) is 5.82 Å². The van der Waals surface area contributed by atoms with Crippen LogP contribution in [0.3, 0.4) is 0 Å². The van der Waals surface area contributed by atoms with Gasteiger partial charge in [-0.25, -0.2) is 4.39 Å². The molecule has 3 nitrogen and oxygen atoms in total. The fourth-order valence-corrected chi connectivity index (χ4v) is 2.10. The average molecular weight is 372 g/mol. The van der Waals surface area contributed by atoms with E-state index in [-0.39, 0.29) is 18.7 Å². The van der Waals surface area contributed by atoms with Crippen LogP contribution >= 0.6 is 15.9 Å². The summed E-state index contributed by atoms with van der Waals surface area (Å²) in [6, 6.07) is 2.23. The number of ether oxygens (including phenoxy) is 1. The van der Waals surface area contributed by atoms with E-state index >= 15 is 0 Å². The largest absolute Gasteiger partial charge is 0.419 e. The molecule has 0 aromatic heterocycles. The highest BCUT2D eigenvalue weighted by Crippen LogP contribution is 2.32. The summed E-state index contributed by atoms with van der Waals surface area (Å²) < 4.78 is 56.0. The number of benzene rings is 1. The van der Waals surface area contributed by atoms with Gasteiger partial charge >= 0.3 is 6.18 Å². The van der Waals surface area contributed by atoms with Gasteiger partial charge in [-0.15, -0.1) is 0 Å². The van der Waals surface area contributed by atoms with Crippen molar-refractivity contribution in [3.05, 3.63) is 35.1 Å². The molecule has 0 spiro atoms. The van der Waals surface area contributed by atoms with Crippen LogP contribution in [0.4, 0.5) is 17.6 Å². The van der Waals surface area contributed by atoms with Crippen molar-refractivity contribution in [2.24, 2.45) is 0 Å². The predicted molar refractivity (Wildman–Crippen MR) is 73.0 cm³/mol. The summed E-state index contributed by atoms with van der Waals surface area (Å²) in [5, 5.41) is 0.468. The first-order valence-electron chi connectivity index (χ1n) is 6.02. The zero-order valence-electron chi connectivity index (χ0n) is 11.2. The number of alkyl halides is 4. The number of amides is 1. The van der Waals surface area contributed by atoms with E-state index < -0.39 is 23.5 Å². The topological polar surface area (TPSA) is 29.5 Å². The maximum Gasteiger partial charge on any atom is 0.419 e. The summed E-state index contributed by atoms with van der Waals surface area (Å²) in [6.07, 6.45) is -4.84. The highest BCUT2D eigenvalue weighted by atomic mass is 79.9. The summed E-state index contributed by atoms with van der Waals surface area (Å²) in [5.41, 5.74) is -1.65. The van der Waals surface area contributed by atoms with Gasteiger partial charge in [0, 0.05) is 31.1 Å². The van der Waals surface area contributed by atoms with Crippen molar-refractivity contribution < 1.29 is 27.1 Å². The fourth-order valence-electron chi connectivity index (χ4n) is 1.68. The van der Waals surface area contributed by atoms with Crippen molar-refractivity contribution in [1.29, 1.82) is 0 Å². The first-order valence-corrected chi connectivity index (χ1v) is 7.14. The Kier molecular flexibility index (Phi) is 6.60. The van der Waals surface area contributed by atoms with Crippen LogP contribution in [0.1, 0.15) is 15.9 Å². The number of carbonyl (C=O) groups excluding carboxylic acids is 1.